The number of rotatable bonds is 4. The van der Waals surface area contributed by atoms with Crippen LogP contribution >= 0.6 is 0 Å². The van der Waals surface area contributed by atoms with Gasteiger partial charge in [0.25, 0.3) is 5.91 Å². The van der Waals surface area contributed by atoms with Crippen molar-refractivity contribution in [1.29, 1.82) is 0 Å². The van der Waals surface area contributed by atoms with Gasteiger partial charge in [0.2, 0.25) is 0 Å². The van der Waals surface area contributed by atoms with E-state index >= 15 is 0 Å². The number of nitrogens with zero attached hydrogens (tertiary/aromatic N) is 1. The first-order valence-corrected chi connectivity index (χ1v) is 8.83. The second-order valence-electron chi connectivity index (χ2n) is 6.30. The third-order valence-electron chi connectivity index (χ3n) is 4.56. The molecular weight excluding hydrogens is 338 g/mol. The SMILES string of the molecule is O=C(Nc1ccccc1-c1ccccc1)c1ccc(N2CCNC2=O)cc1. The standard InChI is InChI=1S/C22H19N3O2/c26-21(17-10-12-18(13-11-17)25-15-14-23-22(25)27)24-20-9-5-4-8-19(20)16-6-2-1-3-7-16/h1-13H,14-15H2,(H,23,27)(H,24,26). The predicted molar refractivity (Wildman–Crippen MR) is 107 cm³/mol. The highest BCUT2D eigenvalue weighted by atomic mass is 16.2. The van der Waals surface area contributed by atoms with E-state index in [-0.39, 0.29) is 11.9 Å². The third-order valence-corrected chi connectivity index (χ3v) is 4.56. The molecule has 134 valence electrons. The Morgan fingerprint density at radius 2 is 1.59 bits per heavy atom. The molecule has 5 heteroatoms. The van der Waals surface area contributed by atoms with Gasteiger partial charge in [0.1, 0.15) is 0 Å². The summed E-state index contributed by atoms with van der Waals surface area (Å²) in [4.78, 5) is 26.1. The molecule has 0 aliphatic carbocycles. The minimum absolute atomic E-state index is 0.107. The van der Waals surface area contributed by atoms with Gasteiger partial charge in [-0.25, -0.2) is 4.79 Å². The highest BCUT2D eigenvalue weighted by molar-refractivity contribution is 6.06. The summed E-state index contributed by atoms with van der Waals surface area (Å²) in [5.74, 6) is -0.184. The number of benzene rings is 3. The molecule has 4 rings (SSSR count). The number of para-hydroxylation sites is 1. The molecule has 1 saturated heterocycles. The number of hydrogen-bond acceptors (Lipinski definition) is 2. The monoisotopic (exact) mass is 357 g/mol. The number of nitrogens with one attached hydrogen (secondary N) is 2. The van der Waals surface area contributed by atoms with Crippen molar-refractivity contribution in [2.24, 2.45) is 0 Å². The van der Waals surface area contributed by atoms with Gasteiger partial charge in [0, 0.05) is 35.6 Å². The Kier molecular flexibility index (Phi) is 4.58. The quantitative estimate of drug-likeness (QED) is 0.737. The van der Waals surface area contributed by atoms with Crippen LogP contribution in [-0.2, 0) is 0 Å². The molecule has 0 bridgehead atoms. The molecule has 27 heavy (non-hydrogen) atoms. The van der Waals surface area contributed by atoms with Crippen LogP contribution in [0.1, 0.15) is 10.4 Å². The van der Waals surface area contributed by atoms with Gasteiger partial charge in [-0.1, -0.05) is 48.5 Å². The smallest absolute Gasteiger partial charge is 0.321 e. The fourth-order valence-corrected chi connectivity index (χ4v) is 3.17. The Balaban J connectivity index is 1.54. The number of urea groups is 1. The minimum Gasteiger partial charge on any atom is -0.336 e. The summed E-state index contributed by atoms with van der Waals surface area (Å²) in [6.07, 6.45) is 0. The maximum atomic E-state index is 12.7. The fourth-order valence-electron chi connectivity index (χ4n) is 3.17. The van der Waals surface area contributed by atoms with E-state index in [4.69, 9.17) is 0 Å². The predicted octanol–water partition coefficient (Wildman–Crippen LogP) is 4.14. The van der Waals surface area contributed by atoms with Crippen LogP contribution in [-0.4, -0.2) is 25.0 Å². The summed E-state index contributed by atoms with van der Waals surface area (Å²) in [5.41, 5.74) is 4.10. The summed E-state index contributed by atoms with van der Waals surface area (Å²) in [7, 11) is 0. The molecule has 0 radical (unpaired) electrons. The first-order valence-electron chi connectivity index (χ1n) is 8.83. The second-order valence-corrected chi connectivity index (χ2v) is 6.30. The van der Waals surface area contributed by atoms with Crippen molar-refractivity contribution in [3.63, 3.8) is 0 Å². The topological polar surface area (TPSA) is 61.4 Å². The Morgan fingerprint density at radius 1 is 0.889 bits per heavy atom. The minimum atomic E-state index is -0.184. The van der Waals surface area contributed by atoms with Crippen molar-refractivity contribution in [1.82, 2.24) is 5.32 Å². The van der Waals surface area contributed by atoms with Crippen molar-refractivity contribution in [2.75, 3.05) is 23.3 Å². The maximum Gasteiger partial charge on any atom is 0.321 e. The van der Waals surface area contributed by atoms with Gasteiger partial charge in [-0.05, 0) is 35.9 Å². The van der Waals surface area contributed by atoms with E-state index in [1.165, 1.54) is 0 Å². The number of hydrogen-bond donors (Lipinski definition) is 2. The van der Waals surface area contributed by atoms with Gasteiger partial charge in [-0.2, -0.15) is 0 Å². The van der Waals surface area contributed by atoms with E-state index in [2.05, 4.69) is 10.6 Å². The molecule has 1 aliphatic rings. The lowest BCUT2D eigenvalue weighted by atomic mass is 10.0. The molecule has 2 N–H and O–H groups in total. The normalized spacial score (nSPS) is 13.3. The van der Waals surface area contributed by atoms with Crippen LogP contribution in [0.4, 0.5) is 16.2 Å². The van der Waals surface area contributed by atoms with Gasteiger partial charge in [0.05, 0.1) is 0 Å². The zero-order valence-electron chi connectivity index (χ0n) is 14.7. The molecule has 5 nitrogen and oxygen atoms in total. The van der Waals surface area contributed by atoms with E-state index in [0.29, 0.717) is 18.7 Å². The zero-order chi connectivity index (χ0) is 18.6. The van der Waals surface area contributed by atoms with Gasteiger partial charge < -0.3 is 10.6 Å². The summed E-state index contributed by atoms with van der Waals surface area (Å²) >= 11 is 0. The van der Waals surface area contributed by atoms with Crippen molar-refractivity contribution < 1.29 is 9.59 Å². The summed E-state index contributed by atoms with van der Waals surface area (Å²) < 4.78 is 0. The van der Waals surface area contributed by atoms with Crippen LogP contribution in [0.15, 0.2) is 78.9 Å². The van der Waals surface area contributed by atoms with Gasteiger partial charge in [-0.15, -0.1) is 0 Å². The van der Waals surface area contributed by atoms with Crippen LogP contribution in [0.5, 0.6) is 0 Å². The number of anilines is 2. The van der Waals surface area contributed by atoms with Crippen molar-refractivity contribution in [3.05, 3.63) is 84.4 Å². The molecule has 0 saturated carbocycles. The molecule has 1 fully saturated rings. The average molecular weight is 357 g/mol. The molecule has 1 heterocycles. The Bertz CT molecular complexity index is 968. The summed E-state index contributed by atoms with van der Waals surface area (Å²) in [6.45, 7) is 1.27. The van der Waals surface area contributed by atoms with Crippen molar-refractivity contribution in [3.8, 4) is 11.1 Å². The molecular formula is C22H19N3O2. The Morgan fingerprint density at radius 3 is 2.30 bits per heavy atom. The molecule has 0 unspecified atom stereocenters. The largest absolute Gasteiger partial charge is 0.336 e. The average Bonchev–Trinajstić information content (AvgIpc) is 3.15. The summed E-state index contributed by atoms with van der Waals surface area (Å²) in [6, 6.07) is 24.6. The van der Waals surface area contributed by atoms with Crippen LogP contribution in [0.3, 0.4) is 0 Å². The first kappa shape index (κ1) is 16.8. The van der Waals surface area contributed by atoms with Crippen LogP contribution in [0.25, 0.3) is 11.1 Å². The lowest BCUT2D eigenvalue weighted by Crippen LogP contribution is -2.27. The molecule has 0 aromatic heterocycles. The van der Waals surface area contributed by atoms with Gasteiger partial charge in [-0.3, -0.25) is 9.69 Å². The highest BCUT2D eigenvalue weighted by Crippen LogP contribution is 2.28. The second kappa shape index (κ2) is 7.33. The third kappa shape index (κ3) is 3.53. The van der Waals surface area contributed by atoms with Crippen molar-refractivity contribution in [2.45, 2.75) is 0 Å². The van der Waals surface area contributed by atoms with E-state index in [1.54, 1.807) is 29.2 Å². The first-order chi connectivity index (χ1) is 13.2. The van der Waals surface area contributed by atoms with E-state index in [0.717, 1.165) is 22.5 Å². The van der Waals surface area contributed by atoms with Gasteiger partial charge >= 0.3 is 6.03 Å². The van der Waals surface area contributed by atoms with Crippen molar-refractivity contribution >= 4 is 23.3 Å². The highest BCUT2D eigenvalue weighted by Gasteiger charge is 2.21. The Labute approximate surface area is 157 Å². The van der Waals surface area contributed by atoms with Crippen LogP contribution in [0, 0.1) is 0 Å². The van der Waals surface area contributed by atoms with Crippen LogP contribution in [0.2, 0.25) is 0 Å². The van der Waals surface area contributed by atoms with E-state index < -0.39 is 0 Å². The van der Waals surface area contributed by atoms with E-state index in [1.807, 2.05) is 54.6 Å². The Hall–Kier alpha value is -3.60. The molecule has 3 aromatic rings. The summed E-state index contributed by atoms with van der Waals surface area (Å²) in [5, 5.41) is 5.76. The lowest BCUT2D eigenvalue weighted by molar-refractivity contribution is 0.102. The molecule has 3 aromatic carbocycles. The number of carbonyl (C=O) groups is 2. The maximum absolute atomic E-state index is 12.7. The zero-order valence-corrected chi connectivity index (χ0v) is 14.7. The number of amides is 3. The molecule has 0 atom stereocenters. The molecule has 1 aliphatic heterocycles. The fraction of sp³-hybridized carbons (Fsp3) is 0.0909. The lowest BCUT2D eigenvalue weighted by Gasteiger charge is -2.15. The number of carbonyl (C=O) groups excluding carboxylic acids is 2. The van der Waals surface area contributed by atoms with Crippen LogP contribution < -0.4 is 15.5 Å². The molecule has 0 spiro atoms. The van der Waals surface area contributed by atoms with E-state index in [9.17, 15) is 9.59 Å². The molecule has 3 amide bonds. The van der Waals surface area contributed by atoms with Gasteiger partial charge in [0.15, 0.2) is 0 Å².